The molecule has 3 N–H and O–H groups in total. The van der Waals surface area contributed by atoms with E-state index in [9.17, 15) is 37.2 Å². The van der Waals surface area contributed by atoms with Gasteiger partial charge >= 0.3 is 17.6 Å². The van der Waals surface area contributed by atoms with E-state index in [1.165, 1.54) is 11.0 Å². The van der Waals surface area contributed by atoms with Crippen molar-refractivity contribution in [3.63, 3.8) is 0 Å². The predicted octanol–water partition coefficient (Wildman–Crippen LogP) is 5.28. The first-order chi connectivity index (χ1) is 25.9. The highest BCUT2D eigenvalue weighted by atomic mass is 35.5. The number of nitrogens with one attached hydrogen (secondary N) is 3. The standard InChI is InChI=1S/C32H53N5O9S.C7H14ClNO/c1-12-20-16-32(20,27(40)35-47(43,44)22-13-14-22)34-25(38)23-15-21(45-29(42)37(18(2)3)19(4)5)17-36(23)26(39)24(30(6,7)8)33-28(41)46-31(9,10)11;1-5(2)9(6(3)4)7(8)10/h12,18-24H,1,13-17H2,2-11H3,(H,33,41)(H,34,38)(H,35,40);5-6H,1-4H3/t20?,21-,23+,24-,32-;/m1./s1. The number of halogens is 1. The maximum Gasteiger partial charge on any atom is 0.410 e. The molecule has 1 aliphatic heterocycles. The first-order valence-corrected chi connectivity index (χ1v) is 21.6. The molecule has 16 nitrogen and oxygen atoms in total. The van der Waals surface area contributed by atoms with E-state index < -0.39 is 85.8 Å². The number of nitrogens with zero attached hydrogens (tertiary/aromatic N) is 3. The Morgan fingerprint density at radius 2 is 1.39 bits per heavy atom. The summed E-state index contributed by atoms with van der Waals surface area (Å²) >= 11 is 5.32. The summed E-state index contributed by atoms with van der Waals surface area (Å²) in [4.78, 5) is 82.8. The van der Waals surface area contributed by atoms with E-state index in [1.807, 2.05) is 55.4 Å². The van der Waals surface area contributed by atoms with Crippen LogP contribution in [0.2, 0.25) is 0 Å². The van der Waals surface area contributed by atoms with Gasteiger partial charge in [-0.15, -0.1) is 6.58 Å². The summed E-state index contributed by atoms with van der Waals surface area (Å²) in [6.07, 6.45) is 0.0775. The Morgan fingerprint density at radius 3 is 1.75 bits per heavy atom. The van der Waals surface area contributed by atoms with Gasteiger partial charge in [-0.2, -0.15) is 0 Å². The third-order valence-corrected chi connectivity index (χ3v) is 11.8. The molecule has 5 atom stereocenters. The molecule has 2 saturated carbocycles. The van der Waals surface area contributed by atoms with E-state index in [1.54, 1.807) is 51.3 Å². The number of carbonyl (C=O) groups excluding carboxylic acids is 6. The van der Waals surface area contributed by atoms with Crippen LogP contribution in [0, 0.1) is 11.3 Å². The average molecular weight is 848 g/mol. The molecule has 2 aliphatic carbocycles. The quantitative estimate of drug-likeness (QED) is 0.124. The molecule has 18 heteroatoms. The average Bonchev–Trinajstić information content (AvgIpc) is 3.94. The van der Waals surface area contributed by atoms with E-state index >= 15 is 0 Å². The first kappa shape index (κ1) is 49.5. The lowest BCUT2D eigenvalue weighted by molar-refractivity contribution is -0.143. The van der Waals surface area contributed by atoms with Crippen molar-refractivity contribution in [2.45, 2.75) is 181 Å². The SMILES string of the molecule is C=CC1C[C@]1(NC(=O)[C@@H]1C[C@@H](OC(=O)N(C(C)C)C(C)C)CN1C(=O)[C@@H](NC(=O)OC(C)(C)C)C(C)(C)C)C(=O)NS(=O)(=O)C1CC1.CC(C)N(C(=O)Cl)C(C)C. The number of amides is 6. The summed E-state index contributed by atoms with van der Waals surface area (Å²) in [6, 6.07) is -2.35. The number of ether oxygens (including phenoxy) is 2. The monoisotopic (exact) mass is 846 g/mol. The van der Waals surface area contributed by atoms with Crippen LogP contribution < -0.4 is 15.4 Å². The number of alkyl carbamates (subject to hydrolysis) is 1. The second-order valence-corrected chi connectivity index (χ2v) is 20.6. The van der Waals surface area contributed by atoms with Crippen molar-refractivity contribution in [1.29, 1.82) is 0 Å². The number of rotatable bonds is 13. The molecular formula is C39H67ClN6O10S. The van der Waals surface area contributed by atoms with Crippen LogP contribution in [0.25, 0.3) is 0 Å². The summed E-state index contributed by atoms with van der Waals surface area (Å²) in [5.41, 5.74) is -3.25. The van der Waals surface area contributed by atoms with Gasteiger partial charge in [-0.25, -0.2) is 18.0 Å². The summed E-state index contributed by atoms with van der Waals surface area (Å²) < 4.78 is 38.5. The predicted molar refractivity (Wildman–Crippen MR) is 218 cm³/mol. The zero-order valence-electron chi connectivity index (χ0n) is 36.2. The fourth-order valence-corrected chi connectivity index (χ4v) is 8.61. The van der Waals surface area contributed by atoms with Gasteiger partial charge in [0.25, 0.3) is 5.91 Å². The van der Waals surface area contributed by atoms with E-state index in [0.29, 0.717) is 12.8 Å². The molecule has 0 radical (unpaired) electrons. The molecule has 326 valence electrons. The van der Waals surface area contributed by atoms with Gasteiger partial charge in [0.05, 0.1) is 11.8 Å². The van der Waals surface area contributed by atoms with Gasteiger partial charge in [0.15, 0.2) is 0 Å². The molecule has 1 heterocycles. The van der Waals surface area contributed by atoms with Crippen LogP contribution in [-0.4, -0.2) is 124 Å². The normalized spacial score (nSPS) is 22.6. The van der Waals surface area contributed by atoms with Gasteiger partial charge in [0.2, 0.25) is 21.8 Å². The molecule has 0 spiro atoms. The van der Waals surface area contributed by atoms with E-state index in [4.69, 9.17) is 21.1 Å². The molecule has 57 heavy (non-hydrogen) atoms. The lowest BCUT2D eigenvalue weighted by Gasteiger charge is -2.36. The summed E-state index contributed by atoms with van der Waals surface area (Å²) in [5.74, 6) is -2.75. The number of sulfonamides is 1. The maximum atomic E-state index is 14.2. The maximum absolute atomic E-state index is 14.2. The fraction of sp³-hybridized carbons (Fsp3) is 0.795. The van der Waals surface area contributed by atoms with Gasteiger partial charge in [0, 0.05) is 36.5 Å². The highest BCUT2D eigenvalue weighted by molar-refractivity contribution is 7.91. The van der Waals surface area contributed by atoms with E-state index in [0.717, 1.165) is 0 Å². The van der Waals surface area contributed by atoms with Crippen LogP contribution in [0.4, 0.5) is 14.4 Å². The molecule has 3 rings (SSSR count). The van der Waals surface area contributed by atoms with Crippen LogP contribution in [-0.2, 0) is 33.9 Å². The van der Waals surface area contributed by atoms with Gasteiger partial charge in [-0.3, -0.25) is 23.9 Å². The van der Waals surface area contributed by atoms with Gasteiger partial charge in [-0.1, -0.05) is 26.8 Å². The van der Waals surface area contributed by atoms with Crippen LogP contribution in [0.15, 0.2) is 12.7 Å². The van der Waals surface area contributed by atoms with E-state index in [2.05, 4.69) is 21.9 Å². The number of hydrogen-bond acceptors (Lipinski definition) is 10. The smallest absolute Gasteiger partial charge is 0.410 e. The molecule has 6 amide bonds. The largest absolute Gasteiger partial charge is 0.444 e. The zero-order valence-corrected chi connectivity index (χ0v) is 37.8. The minimum Gasteiger partial charge on any atom is -0.444 e. The Balaban J connectivity index is 0.000000984. The lowest BCUT2D eigenvalue weighted by atomic mass is 9.85. The van der Waals surface area contributed by atoms with Crippen molar-refractivity contribution in [1.82, 2.24) is 30.1 Å². The Morgan fingerprint density at radius 1 is 0.877 bits per heavy atom. The lowest BCUT2D eigenvalue weighted by Crippen LogP contribution is -2.60. The van der Waals surface area contributed by atoms with Crippen molar-refractivity contribution in [2.75, 3.05) is 6.54 Å². The zero-order chi connectivity index (χ0) is 44.2. The minimum absolute atomic E-state index is 0.0898. The van der Waals surface area contributed by atoms with Crippen LogP contribution >= 0.6 is 11.6 Å². The van der Waals surface area contributed by atoms with Crippen LogP contribution in [0.5, 0.6) is 0 Å². The molecule has 0 aromatic heterocycles. The Kier molecular flexibility index (Phi) is 16.5. The molecule has 0 bridgehead atoms. The molecule has 0 aromatic carbocycles. The summed E-state index contributed by atoms with van der Waals surface area (Å²) in [7, 11) is -3.90. The third kappa shape index (κ3) is 13.5. The topological polar surface area (TPSA) is 201 Å². The minimum atomic E-state index is -3.90. The van der Waals surface area contributed by atoms with Gasteiger partial charge in [-0.05, 0) is 112 Å². The van der Waals surface area contributed by atoms with Crippen molar-refractivity contribution in [3.05, 3.63) is 12.7 Å². The number of hydrogen-bond donors (Lipinski definition) is 3. The van der Waals surface area contributed by atoms with Crippen molar-refractivity contribution >= 4 is 56.9 Å². The second-order valence-electron chi connectivity index (χ2n) is 18.3. The molecule has 3 aliphatic rings. The molecule has 0 aromatic rings. The van der Waals surface area contributed by atoms with Crippen molar-refractivity contribution in [2.24, 2.45) is 11.3 Å². The van der Waals surface area contributed by atoms with Gasteiger partial charge < -0.3 is 34.8 Å². The first-order valence-electron chi connectivity index (χ1n) is 19.7. The molecule has 1 saturated heterocycles. The van der Waals surface area contributed by atoms with Gasteiger partial charge in [0.1, 0.15) is 29.3 Å². The summed E-state index contributed by atoms with van der Waals surface area (Å²) in [5, 5.41) is 4.34. The number of likely N-dealkylation sites (tertiary alicyclic amines) is 1. The fourth-order valence-electron chi connectivity index (χ4n) is 6.86. The number of carbonyl (C=O) groups is 6. The highest BCUT2D eigenvalue weighted by Gasteiger charge is 2.62. The van der Waals surface area contributed by atoms with E-state index in [-0.39, 0.29) is 48.9 Å². The summed E-state index contributed by atoms with van der Waals surface area (Å²) in [6.45, 7) is 29.0. The molecule has 3 fully saturated rings. The third-order valence-electron chi connectivity index (χ3n) is 9.78. The highest BCUT2D eigenvalue weighted by Crippen LogP contribution is 2.45. The Bertz CT molecular complexity index is 1600. The van der Waals surface area contributed by atoms with Crippen molar-refractivity contribution < 1.29 is 46.7 Å². The Hall–Kier alpha value is -3.60. The van der Waals surface area contributed by atoms with Crippen LogP contribution in [0.1, 0.15) is 123 Å². The van der Waals surface area contributed by atoms with Crippen LogP contribution in [0.3, 0.4) is 0 Å². The molecular weight excluding hydrogens is 780 g/mol. The molecule has 1 unspecified atom stereocenters. The Labute approximate surface area is 344 Å². The second kappa shape index (κ2) is 19.0. The van der Waals surface area contributed by atoms with Crippen molar-refractivity contribution in [3.8, 4) is 0 Å².